The number of rotatable bonds is 2. The maximum absolute atomic E-state index is 12.1. The molecule has 0 atom stereocenters. The smallest absolute Gasteiger partial charge is 0.245 e. The summed E-state index contributed by atoms with van der Waals surface area (Å²) in [5, 5.41) is 10.6. The van der Waals surface area contributed by atoms with Crippen molar-refractivity contribution in [2.45, 2.75) is 4.90 Å². The number of hydrogen-bond acceptors (Lipinski definition) is 6. The Morgan fingerprint density at radius 2 is 1.89 bits per heavy atom. The fourth-order valence-electron chi connectivity index (χ4n) is 1.53. The molecule has 19 heavy (non-hydrogen) atoms. The van der Waals surface area contributed by atoms with Crippen molar-refractivity contribution in [2.75, 3.05) is 13.1 Å². The molecule has 1 N–H and O–H groups in total. The quantitative estimate of drug-likeness (QED) is 0.665. The van der Waals surface area contributed by atoms with Crippen molar-refractivity contribution in [3.8, 4) is 6.07 Å². The van der Waals surface area contributed by atoms with Crippen LogP contribution in [-0.2, 0) is 19.6 Å². The number of sulfonamides is 1. The molecule has 1 aromatic heterocycles. The number of carbonyl (C=O) groups is 2. The Morgan fingerprint density at radius 3 is 2.37 bits per heavy atom. The number of aromatic nitrogens is 1. The highest BCUT2D eigenvalue weighted by Crippen LogP contribution is 2.15. The summed E-state index contributed by atoms with van der Waals surface area (Å²) in [5.74, 6) is -1.36. The van der Waals surface area contributed by atoms with Gasteiger partial charge in [0.25, 0.3) is 0 Å². The lowest BCUT2D eigenvalue weighted by Gasteiger charge is -2.24. The molecule has 0 saturated carbocycles. The maximum Gasteiger partial charge on any atom is 0.245 e. The van der Waals surface area contributed by atoms with E-state index in [1.54, 1.807) is 6.07 Å². The van der Waals surface area contributed by atoms with Gasteiger partial charge in [0.1, 0.15) is 16.7 Å². The van der Waals surface area contributed by atoms with Gasteiger partial charge in [-0.05, 0) is 12.1 Å². The van der Waals surface area contributed by atoms with Crippen LogP contribution in [0.4, 0.5) is 0 Å². The van der Waals surface area contributed by atoms with Gasteiger partial charge in [-0.15, -0.1) is 0 Å². The average Bonchev–Trinajstić information content (AvgIpc) is 2.37. The predicted molar refractivity (Wildman–Crippen MR) is 60.9 cm³/mol. The van der Waals surface area contributed by atoms with Gasteiger partial charge in [0.05, 0.1) is 13.1 Å². The van der Waals surface area contributed by atoms with Gasteiger partial charge in [0.2, 0.25) is 21.8 Å². The summed E-state index contributed by atoms with van der Waals surface area (Å²) in [6.45, 7) is -0.845. The van der Waals surface area contributed by atoms with Crippen LogP contribution >= 0.6 is 0 Å². The molecule has 0 aliphatic carbocycles. The van der Waals surface area contributed by atoms with E-state index in [0.717, 1.165) is 10.5 Å². The topological polar surface area (TPSA) is 120 Å². The molecule has 0 unspecified atom stereocenters. The molecule has 1 fully saturated rings. The predicted octanol–water partition coefficient (Wildman–Crippen LogP) is -1.40. The van der Waals surface area contributed by atoms with Crippen LogP contribution in [0.5, 0.6) is 0 Å². The van der Waals surface area contributed by atoms with Crippen molar-refractivity contribution in [3.05, 3.63) is 24.0 Å². The van der Waals surface area contributed by atoms with Gasteiger partial charge in [-0.25, -0.2) is 13.4 Å². The Kier molecular flexibility index (Phi) is 3.28. The minimum Gasteiger partial charge on any atom is -0.294 e. The number of imide groups is 1. The summed E-state index contributed by atoms with van der Waals surface area (Å²) < 4.78 is 25.1. The van der Waals surface area contributed by atoms with Gasteiger partial charge in [-0.1, -0.05) is 0 Å². The lowest BCUT2D eigenvalue weighted by atomic mass is 10.4. The van der Waals surface area contributed by atoms with Gasteiger partial charge < -0.3 is 0 Å². The van der Waals surface area contributed by atoms with Crippen LogP contribution < -0.4 is 5.32 Å². The van der Waals surface area contributed by atoms with Crippen molar-refractivity contribution in [1.29, 1.82) is 5.26 Å². The molecule has 0 radical (unpaired) electrons. The lowest BCUT2D eigenvalue weighted by Crippen LogP contribution is -2.53. The van der Waals surface area contributed by atoms with Crippen molar-refractivity contribution in [1.82, 2.24) is 14.6 Å². The first-order valence-corrected chi connectivity index (χ1v) is 6.56. The van der Waals surface area contributed by atoms with Gasteiger partial charge in [0, 0.05) is 6.20 Å². The first kappa shape index (κ1) is 13.1. The van der Waals surface area contributed by atoms with Crippen LogP contribution in [0.25, 0.3) is 0 Å². The Hall–Kier alpha value is -2.31. The molecule has 8 nitrogen and oxygen atoms in total. The molecule has 2 heterocycles. The van der Waals surface area contributed by atoms with E-state index in [2.05, 4.69) is 4.98 Å². The van der Waals surface area contributed by atoms with E-state index in [1.165, 1.54) is 12.1 Å². The number of carbonyl (C=O) groups excluding carboxylic acids is 2. The largest absolute Gasteiger partial charge is 0.294 e. The van der Waals surface area contributed by atoms with Crippen molar-refractivity contribution in [3.63, 3.8) is 0 Å². The summed E-state index contributed by atoms with van der Waals surface area (Å²) in [5.41, 5.74) is 0.0754. The van der Waals surface area contributed by atoms with E-state index < -0.39 is 34.9 Å². The van der Waals surface area contributed by atoms with Crippen molar-refractivity contribution < 1.29 is 18.0 Å². The highest BCUT2D eigenvalue weighted by Gasteiger charge is 2.32. The van der Waals surface area contributed by atoms with Gasteiger partial charge in [-0.3, -0.25) is 14.9 Å². The summed E-state index contributed by atoms with van der Waals surface area (Å²) in [4.78, 5) is 25.8. The van der Waals surface area contributed by atoms with Crippen LogP contribution in [0.3, 0.4) is 0 Å². The van der Waals surface area contributed by atoms with Crippen LogP contribution in [0.15, 0.2) is 23.2 Å². The normalized spacial score (nSPS) is 16.8. The molecule has 2 rings (SSSR count). The minimum absolute atomic E-state index is 0.0754. The highest BCUT2D eigenvalue weighted by atomic mass is 32.2. The molecule has 1 aromatic rings. The molecule has 0 aromatic carbocycles. The standard InChI is InChI=1S/C10H8N4O4S/c11-3-7-1-2-8(4-12-7)19(17,18)14-5-9(15)13-10(16)6-14/h1-2,4H,5-6H2,(H,13,15,16). The Bertz CT molecular complexity index is 658. The number of piperazine rings is 1. The second-order valence-electron chi connectivity index (χ2n) is 3.74. The zero-order chi connectivity index (χ0) is 14.0. The molecule has 1 aliphatic heterocycles. The van der Waals surface area contributed by atoms with Crippen LogP contribution in [0.2, 0.25) is 0 Å². The van der Waals surface area contributed by atoms with Crippen molar-refractivity contribution in [2.24, 2.45) is 0 Å². The van der Waals surface area contributed by atoms with Gasteiger partial charge in [0.15, 0.2) is 0 Å². The lowest BCUT2D eigenvalue weighted by molar-refractivity contribution is -0.134. The maximum atomic E-state index is 12.1. The first-order valence-electron chi connectivity index (χ1n) is 5.12. The number of nitrogens with one attached hydrogen (secondary N) is 1. The third-order valence-electron chi connectivity index (χ3n) is 2.41. The summed E-state index contributed by atoms with van der Waals surface area (Å²) in [7, 11) is -3.97. The van der Waals surface area contributed by atoms with Crippen molar-refractivity contribution >= 4 is 21.8 Å². The van der Waals surface area contributed by atoms with E-state index in [-0.39, 0.29) is 10.6 Å². The molecule has 1 saturated heterocycles. The monoisotopic (exact) mass is 280 g/mol. The first-order chi connectivity index (χ1) is 8.93. The molecule has 9 heteroatoms. The number of nitriles is 1. The fourth-order valence-corrected chi connectivity index (χ4v) is 2.83. The second-order valence-corrected chi connectivity index (χ2v) is 5.67. The van der Waals surface area contributed by atoms with E-state index in [0.29, 0.717) is 0 Å². The zero-order valence-electron chi connectivity index (χ0n) is 9.53. The van der Waals surface area contributed by atoms with Gasteiger partial charge in [-0.2, -0.15) is 9.57 Å². The third kappa shape index (κ3) is 2.59. The molecule has 98 valence electrons. The fraction of sp³-hybridized carbons (Fsp3) is 0.200. The SMILES string of the molecule is N#Cc1ccc(S(=O)(=O)N2CC(=O)NC(=O)C2)cn1. The van der Waals surface area contributed by atoms with Crippen LogP contribution in [0, 0.1) is 11.3 Å². The molecular weight excluding hydrogens is 272 g/mol. The van der Waals surface area contributed by atoms with E-state index >= 15 is 0 Å². The Morgan fingerprint density at radius 1 is 1.26 bits per heavy atom. The van der Waals surface area contributed by atoms with Crippen LogP contribution in [0.1, 0.15) is 5.69 Å². The number of hydrogen-bond donors (Lipinski definition) is 1. The third-order valence-corrected chi connectivity index (χ3v) is 4.18. The molecular formula is C10H8N4O4S. The molecule has 0 bridgehead atoms. The second kappa shape index (κ2) is 4.75. The summed E-state index contributed by atoms with van der Waals surface area (Å²) >= 11 is 0. The van der Waals surface area contributed by atoms with E-state index in [4.69, 9.17) is 5.26 Å². The number of amides is 2. The Labute approximate surface area is 108 Å². The minimum atomic E-state index is -3.97. The number of pyridine rings is 1. The summed E-state index contributed by atoms with van der Waals surface area (Å²) in [6, 6.07) is 4.22. The molecule has 2 amide bonds. The average molecular weight is 280 g/mol. The van der Waals surface area contributed by atoms with Gasteiger partial charge >= 0.3 is 0 Å². The van der Waals surface area contributed by atoms with E-state index in [9.17, 15) is 18.0 Å². The highest BCUT2D eigenvalue weighted by molar-refractivity contribution is 7.89. The molecule has 1 aliphatic rings. The molecule has 0 spiro atoms. The Balaban J connectivity index is 2.33. The summed E-state index contributed by atoms with van der Waals surface area (Å²) in [6.07, 6.45) is 1.02. The number of nitrogens with zero attached hydrogens (tertiary/aromatic N) is 3. The van der Waals surface area contributed by atoms with Crippen LogP contribution in [-0.4, -0.2) is 42.6 Å². The zero-order valence-corrected chi connectivity index (χ0v) is 10.3. The van der Waals surface area contributed by atoms with E-state index in [1.807, 2.05) is 5.32 Å².